The Morgan fingerprint density at radius 3 is 2.53 bits per heavy atom. The minimum absolute atomic E-state index is 0.0525. The van der Waals surface area contributed by atoms with Crippen LogP contribution in [0.5, 0.6) is 0 Å². The summed E-state index contributed by atoms with van der Waals surface area (Å²) in [5.74, 6) is 0. The van der Waals surface area contributed by atoms with Crippen molar-refractivity contribution in [1.82, 2.24) is 0 Å². The lowest BCUT2D eigenvalue weighted by molar-refractivity contribution is -0.180. The fourth-order valence-electron chi connectivity index (χ4n) is 1.64. The van der Waals surface area contributed by atoms with Crippen molar-refractivity contribution in [1.29, 1.82) is 0 Å². The molecule has 1 unspecified atom stereocenters. The van der Waals surface area contributed by atoms with Gasteiger partial charge in [-0.05, 0) is 12.0 Å². The van der Waals surface area contributed by atoms with Crippen LogP contribution in [0.15, 0.2) is 30.3 Å². The van der Waals surface area contributed by atoms with E-state index in [0.717, 1.165) is 26.1 Å². The highest BCUT2D eigenvalue weighted by Gasteiger charge is 2.19. The normalized spacial score (nSPS) is 20.1. The molecule has 1 aliphatic heterocycles. The van der Waals surface area contributed by atoms with Gasteiger partial charge in [-0.25, -0.2) is 0 Å². The van der Waals surface area contributed by atoms with E-state index in [4.69, 9.17) is 9.47 Å². The third-order valence-electron chi connectivity index (χ3n) is 2.46. The SMILES string of the molecule is BrC(CC1OCCCO1)c1ccccc1. The highest BCUT2D eigenvalue weighted by molar-refractivity contribution is 9.09. The average Bonchev–Trinajstić information content (AvgIpc) is 2.31. The fraction of sp³-hybridized carbons (Fsp3) is 0.500. The number of hydrogen-bond donors (Lipinski definition) is 0. The smallest absolute Gasteiger partial charge is 0.158 e. The van der Waals surface area contributed by atoms with E-state index in [-0.39, 0.29) is 6.29 Å². The van der Waals surface area contributed by atoms with E-state index in [1.54, 1.807) is 0 Å². The Bertz CT molecular complexity index is 283. The van der Waals surface area contributed by atoms with Crippen molar-refractivity contribution >= 4 is 15.9 Å². The summed E-state index contributed by atoms with van der Waals surface area (Å²) in [7, 11) is 0. The molecule has 0 amide bonds. The van der Waals surface area contributed by atoms with E-state index in [2.05, 4.69) is 28.1 Å². The molecule has 0 saturated carbocycles. The molecule has 82 valence electrons. The maximum absolute atomic E-state index is 5.52. The van der Waals surface area contributed by atoms with Crippen molar-refractivity contribution < 1.29 is 9.47 Å². The van der Waals surface area contributed by atoms with Crippen LogP contribution in [-0.2, 0) is 9.47 Å². The Balaban J connectivity index is 1.88. The van der Waals surface area contributed by atoms with Gasteiger partial charge in [0, 0.05) is 11.2 Å². The molecular formula is C12H15BrO2. The number of alkyl halides is 1. The molecule has 0 aliphatic carbocycles. The van der Waals surface area contributed by atoms with Crippen molar-refractivity contribution in [3.63, 3.8) is 0 Å². The minimum Gasteiger partial charge on any atom is -0.353 e. The monoisotopic (exact) mass is 270 g/mol. The zero-order chi connectivity index (χ0) is 10.5. The number of ether oxygens (including phenoxy) is 2. The molecule has 3 heteroatoms. The number of halogens is 1. The van der Waals surface area contributed by atoms with Crippen molar-refractivity contribution in [2.24, 2.45) is 0 Å². The van der Waals surface area contributed by atoms with Gasteiger partial charge in [-0.1, -0.05) is 46.3 Å². The van der Waals surface area contributed by atoms with Gasteiger partial charge in [0.1, 0.15) is 0 Å². The Morgan fingerprint density at radius 1 is 1.20 bits per heavy atom. The number of benzene rings is 1. The molecule has 15 heavy (non-hydrogen) atoms. The van der Waals surface area contributed by atoms with Crippen LogP contribution in [-0.4, -0.2) is 19.5 Å². The van der Waals surface area contributed by atoms with Crippen molar-refractivity contribution in [2.45, 2.75) is 24.0 Å². The molecule has 0 bridgehead atoms. The summed E-state index contributed by atoms with van der Waals surface area (Å²) < 4.78 is 11.0. The van der Waals surface area contributed by atoms with Crippen LogP contribution in [0.25, 0.3) is 0 Å². The maximum Gasteiger partial charge on any atom is 0.158 e. The van der Waals surface area contributed by atoms with Gasteiger partial charge < -0.3 is 9.47 Å². The van der Waals surface area contributed by atoms with Crippen molar-refractivity contribution in [3.8, 4) is 0 Å². The van der Waals surface area contributed by atoms with Gasteiger partial charge in [0.05, 0.1) is 13.2 Å². The molecule has 0 aromatic heterocycles. The predicted molar refractivity (Wildman–Crippen MR) is 63.0 cm³/mol. The molecule has 1 fully saturated rings. The van der Waals surface area contributed by atoms with Crippen LogP contribution < -0.4 is 0 Å². The lowest BCUT2D eigenvalue weighted by Gasteiger charge is -2.25. The van der Waals surface area contributed by atoms with Crippen molar-refractivity contribution in [3.05, 3.63) is 35.9 Å². The van der Waals surface area contributed by atoms with E-state index in [1.807, 2.05) is 18.2 Å². The third-order valence-corrected chi connectivity index (χ3v) is 3.36. The first kappa shape index (κ1) is 11.1. The third kappa shape index (κ3) is 3.30. The minimum atomic E-state index is -0.0525. The summed E-state index contributed by atoms with van der Waals surface area (Å²) >= 11 is 3.66. The van der Waals surface area contributed by atoms with E-state index in [9.17, 15) is 0 Å². The summed E-state index contributed by atoms with van der Waals surface area (Å²) in [6.45, 7) is 1.64. The van der Waals surface area contributed by atoms with Crippen LogP contribution in [0.4, 0.5) is 0 Å². The summed E-state index contributed by atoms with van der Waals surface area (Å²) in [5, 5.41) is 0. The molecule has 0 radical (unpaired) electrons. The van der Waals surface area contributed by atoms with Gasteiger partial charge in [0.2, 0.25) is 0 Å². The molecule has 1 saturated heterocycles. The molecule has 2 nitrogen and oxygen atoms in total. The van der Waals surface area contributed by atoms with Crippen LogP contribution in [0, 0.1) is 0 Å². The molecule has 1 atom stereocenters. The summed E-state index contributed by atoms with van der Waals surface area (Å²) in [6.07, 6.45) is 1.82. The zero-order valence-corrected chi connectivity index (χ0v) is 10.2. The second-order valence-corrected chi connectivity index (χ2v) is 4.74. The Morgan fingerprint density at radius 2 is 1.87 bits per heavy atom. The van der Waals surface area contributed by atoms with E-state index in [1.165, 1.54) is 5.56 Å². The predicted octanol–water partition coefficient (Wildman–Crippen LogP) is 3.28. The lowest BCUT2D eigenvalue weighted by atomic mass is 10.1. The fourth-order valence-corrected chi connectivity index (χ4v) is 2.25. The van der Waals surface area contributed by atoms with Gasteiger partial charge in [0.25, 0.3) is 0 Å². The van der Waals surface area contributed by atoms with Crippen molar-refractivity contribution in [2.75, 3.05) is 13.2 Å². The summed E-state index contributed by atoms with van der Waals surface area (Å²) in [4.78, 5) is 0.307. The molecule has 1 aromatic rings. The van der Waals surface area contributed by atoms with Crippen LogP contribution >= 0.6 is 15.9 Å². The topological polar surface area (TPSA) is 18.5 Å². The quantitative estimate of drug-likeness (QED) is 0.785. The van der Waals surface area contributed by atoms with E-state index < -0.39 is 0 Å². The van der Waals surface area contributed by atoms with Gasteiger partial charge >= 0.3 is 0 Å². The molecule has 1 aliphatic rings. The van der Waals surface area contributed by atoms with Crippen LogP contribution in [0.1, 0.15) is 23.2 Å². The summed E-state index contributed by atoms with van der Waals surface area (Å²) in [6, 6.07) is 10.3. The standard InChI is InChI=1S/C12H15BrO2/c13-11(10-5-2-1-3-6-10)9-12-14-7-4-8-15-12/h1-3,5-6,11-12H,4,7-9H2. The van der Waals surface area contributed by atoms with Gasteiger partial charge in [0.15, 0.2) is 6.29 Å². The molecule has 2 rings (SSSR count). The van der Waals surface area contributed by atoms with E-state index >= 15 is 0 Å². The largest absolute Gasteiger partial charge is 0.353 e. The second kappa shape index (κ2) is 5.64. The zero-order valence-electron chi connectivity index (χ0n) is 8.56. The Hall–Kier alpha value is -0.380. The highest BCUT2D eigenvalue weighted by atomic mass is 79.9. The number of rotatable bonds is 3. The highest BCUT2D eigenvalue weighted by Crippen LogP contribution is 2.29. The van der Waals surface area contributed by atoms with E-state index in [0.29, 0.717) is 4.83 Å². The van der Waals surface area contributed by atoms with Gasteiger partial charge in [-0.2, -0.15) is 0 Å². The first-order chi connectivity index (χ1) is 7.36. The molecule has 1 heterocycles. The summed E-state index contributed by atoms with van der Waals surface area (Å²) in [5.41, 5.74) is 1.27. The molecule has 0 N–H and O–H groups in total. The molecule has 0 spiro atoms. The maximum atomic E-state index is 5.52. The first-order valence-corrected chi connectivity index (χ1v) is 6.20. The van der Waals surface area contributed by atoms with Gasteiger partial charge in [-0.3, -0.25) is 0 Å². The van der Waals surface area contributed by atoms with Crippen LogP contribution in [0.3, 0.4) is 0 Å². The second-order valence-electron chi connectivity index (χ2n) is 3.64. The van der Waals surface area contributed by atoms with Gasteiger partial charge in [-0.15, -0.1) is 0 Å². The number of hydrogen-bond acceptors (Lipinski definition) is 2. The molecule has 1 aromatic carbocycles. The first-order valence-electron chi connectivity index (χ1n) is 5.28. The Labute approximate surface area is 98.7 Å². The molecular weight excluding hydrogens is 256 g/mol. The average molecular weight is 271 g/mol. The Kier molecular flexibility index (Phi) is 4.18. The van der Waals surface area contributed by atoms with Crippen LogP contribution in [0.2, 0.25) is 0 Å². The lowest BCUT2D eigenvalue weighted by Crippen LogP contribution is -2.25.